The number of hydrogen-bond acceptors (Lipinski definition) is 3. The summed E-state index contributed by atoms with van der Waals surface area (Å²) in [7, 11) is 0. The number of aromatic nitrogens is 1. The number of rotatable bonds is 1. The van der Waals surface area contributed by atoms with E-state index in [1.165, 1.54) is 0 Å². The quantitative estimate of drug-likeness (QED) is 0.572. The molecular formula is C11H10ClN3. The van der Waals surface area contributed by atoms with Crippen LogP contribution in [-0.2, 0) is 0 Å². The summed E-state index contributed by atoms with van der Waals surface area (Å²) >= 11 is 5.98. The number of pyridine rings is 1. The number of hydrogen-bond donors (Lipinski definition) is 2. The van der Waals surface area contributed by atoms with Gasteiger partial charge in [-0.25, -0.2) is 4.98 Å². The number of benzene rings is 1. The van der Waals surface area contributed by atoms with Crippen molar-refractivity contribution in [2.75, 3.05) is 11.5 Å². The van der Waals surface area contributed by atoms with E-state index >= 15 is 0 Å². The molecule has 0 amide bonds. The summed E-state index contributed by atoms with van der Waals surface area (Å²) < 4.78 is 0. The molecule has 0 radical (unpaired) electrons. The molecule has 1 heterocycles. The van der Waals surface area contributed by atoms with Crippen LogP contribution in [0.1, 0.15) is 0 Å². The summed E-state index contributed by atoms with van der Waals surface area (Å²) in [5, 5.41) is 0.426. The van der Waals surface area contributed by atoms with Gasteiger partial charge in [-0.2, -0.15) is 0 Å². The minimum absolute atomic E-state index is 0.426. The first kappa shape index (κ1) is 9.80. The van der Waals surface area contributed by atoms with Crippen LogP contribution in [0.3, 0.4) is 0 Å². The molecule has 2 rings (SSSR count). The minimum Gasteiger partial charge on any atom is -0.399 e. The zero-order valence-corrected chi connectivity index (χ0v) is 8.70. The summed E-state index contributed by atoms with van der Waals surface area (Å²) in [5.74, 6) is 0. The zero-order valence-electron chi connectivity index (χ0n) is 7.94. The Morgan fingerprint density at radius 2 is 1.87 bits per heavy atom. The van der Waals surface area contributed by atoms with Crippen molar-refractivity contribution in [2.24, 2.45) is 0 Å². The highest BCUT2D eigenvalue weighted by molar-refractivity contribution is 6.32. The topological polar surface area (TPSA) is 64.9 Å². The highest BCUT2D eigenvalue weighted by Crippen LogP contribution is 2.31. The van der Waals surface area contributed by atoms with E-state index in [2.05, 4.69) is 4.98 Å². The van der Waals surface area contributed by atoms with E-state index in [1.54, 1.807) is 24.4 Å². The number of anilines is 2. The average molecular weight is 220 g/mol. The van der Waals surface area contributed by atoms with Crippen molar-refractivity contribution in [1.29, 1.82) is 0 Å². The predicted molar refractivity (Wildman–Crippen MR) is 63.5 cm³/mol. The van der Waals surface area contributed by atoms with E-state index in [-0.39, 0.29) is 0 Å². The predicted octanol–water partition coefficient (Wildman–Crippen LogP) is 2.57. The van der Waals surface area contributed by atoms with Crippen LogP contribution < -0.4 is 11.5 Å². The van der Waals surface area contributed by atoms with E-state index in [0.29, 0.717) is 16.5 Å². The standard InChI is InChI=1S/C11H10ClN3/c12-11-8(2-1-5-15-11)9-6-7(13)3-4-10(9)14/h1-6H,13-14H2. The van der Waals surface area contributed by atoms with Crippen molar-refractivity contribution in [3.05, 3.63) is 41.7 Å². The van der Waals surface area contributed by atoms with E-state index in [4.69, 9.17) is 23.1 Å². The Bertz CT molecular complexity index is 497. The molecule has 0 aliphatic carbocycles. The average Bonchev–Trinajstić information content (AvgIpc) is 2.23. The maximum Gasteiger partial charge on any atom is 0.136 e. The molecule has 76 valence electrons. The molecule has 4 N–H and O–H groups in total. The molecule has 15 heavy (non-hydrogen) atoms. The maximum atomic E-state index is 5.98. The van der Waals surface area contributed by atoms with E-state index in [1.807, 2.05) is 12.1 Å². The van der Waals surface area contributed by atoms with Crippen molar-refractivity contribution in [1.82, 2.24) is 4.98 Å². The van der Waals surface area contributed by atoms with Gasteiger partial charge < -0.3 is 11.5 Å². The van der Waals surface area contributed by atoms with Gasteiger partial charge >= 0.3 is 0 Å². The fourth-order valence-corrected chi connectivity index (χ4v) is 1.62. The normalized spacial score (nSPS) is 10.2. The Morgan fingerprint density at radius 3 is 2.60 bits per heavy atom. The van der Waals surface area contributed by atoms with Gasteiger partial charge in [0.15, 0.2) is 0 Å². The second-order valence-electron chi connectivity index (χ2n) is 3.19. The first-order chi connectivity index (χ1) is 7.18. The zero-order chi connectivity index (χ0) is 10.8. The molecule has 0 spiro atoms. The molecule has 0 saturated heterocycles. The van der Waals surface area contributed by atoms with Crippen LogP contribution in [0.5, 0.6) is 0 Å². The van der Waals surface area contributed by atoms with Gasteiger partial charge in [-0.15, -0.1) is 0 Å². The van der Waals surface area contributed by atoms with Crippen molar-refractivity contribution in [3.8, 4) is 11.1 Å². The number of halogens is 1. The summed E-state index contributed by atoms with van der Waals surface area (Å²) in [6, 6.07) is 8.97. The lowest BCUT2D eigenvalue weighted by atomic mass is 10.1. The fraction of sp³-hybridized carbons (Fsp3) is 0. The first-order valence-corrected chi connectivity index (χ1v) is 4.82. The summed E-state index contributed by atoms with van der Waals surface area (Å²) in [6.45, 7) is 0. The first-order valence-electron chi connectivity index (χ1n) is 4.44. The fourth-order valence-electron chi connectivity index (χ4n) is 1.39. The van der Waals surface area contributed by atoms with E-state index < -0.39 is 0 Å². The van der Waals surface area contributed by atoms with Crippen molar-refractivity contribution < 1.29 is 0 Å². The molecule has 3 nitrogen and oxygen atoms in total. The van der Waals surface area contributed by atoms with Gasteiger partial charge in [0.25, 0.3) is 0 Å². The molecule has 0 saturated carbocycles. The molecule has 0 fully saturated rings. The Kier molecular flexibility index (Phi) is 2.47. The van der Waals surface area contributed by atoms with E-state index in [0.717, 1.165) is 11.1 Å². The largest absolute Gasteiger partial charge is 0.399 e. The van der Waals surface area contributed by atoms with Crippen LogP contribution in [0, 0.1) is 0 Å². The lowest BCUT2D eigenvalue weighted by Gasteiger charge is -2.07. The van der Waals surface area contributed by atoms with E-state index in [9.17, 15) is 0 Å². The van der Waals surface area contributed by atoms with Crippen LogP contribution in [0.25, 0.3) is 11.1 Å². The maximum absolute atomic E-state index is 5.98. The highest BCUT2D eigenvalue weighted by atomic mass is 35.5. The van der Waals surface area contributed by atoms with Gasteiger partial charge in [0.1, 0.15) is 5.15 Å². The van der Waals surface area contributed by atoms with Crippen LogP contribution in [0.4, 0.5) is 11.4 Å². The Hall–Kier alpha value is -1.74. The van der Waals surface area contributed by atoms with Gasteiger partial charge in [0.2, 0.25) is 0 Å². The summed E-state index contributed by atoms with van der Waals surface area (Å²) in [6.07, 6.45) is 1.63. The smallest absolute Gasteiger partial charge is 0.136 e. The van der Waals surface area contributed by atoms with Crippen LogP contribution in [-0.4, -0.2) is 4.98 Å². The third-order valence-corrected chi connectivity index (χ3v) is 2.43. The SMILES string of the molecule is Nc1ccc(N)c(-c2cccnc2Cl)c1. The summed E-state index contributed by atoms with van der Waals surface area (Å²) in [5.41, 5.74) is 14.4. The molecule has 0 aliphatic rings. The minimum atomic E-state index is 0.426. The van der Waals surface area contributed by atoms with Gasteiger partial charge in [0, 0.05) is 28.7 Å². The molecule has 2 aromatic rings. The van der Waals surface area contributed by atoms with Gasteiger partial charge in [-0.1, -0.05) is 11.6 Å². The van der Waals surface area contributed by atoms with Crippen molar-refractivity contribution in [3.63, 3.8) is 0 Å². The lowest BCUT2D eigenvalue weighted by molar-refractivity contribution is 1.33. The molecule has 0 unspecified atom stereocenters. The number of nitrogens with zero attached hydrogens (tertiary/aromatic N) is 1. The Balaban J connectivity index is 2.64. The Labute approximate surface area is 92.7 Å². The van der Waals surface area contributed by atoms with Crippen molar-refractivity contribution in [2.45, 2.75) is 0 Å². The number of nitrogens with two attached hydrogens (primary N) is 2. The molecule has 1 aromatic carbocycles. The number of nitrogen functional groups attached to an aromatic ring is 2. The monoisotopic (exact) mass is 219 g/mol. The summed E-state index contributed by atoms with van der Waals surface area (Å²) in [4.78, 5) is 4.00. The lowest BCUT2D eigenvalue weighted by Crippen LogP contribution is -1.93. The third-order valence-electron chi connectivity index (χ3n) is 2.13. The highest BCUT2D eigenvalue weighted by Gasteiger charge is 2.07. The van der Waals surface area contributed by atoms with Crippen LogP contribution in [0.2, 0.25) is 5.15 Å². The van der Waals surface area contributed by atoms with Crippen LogP contribution in [0.15, 0.2) is 36.5 Å². The van der Waals surface area contributed by atoms with Crippen molar-refractivity contribution >= 4 is 23.0 Å². The van der Waals surface area contributed by atoms with Gasteiger partial charge in [-0.3, -0.25) is 0 Å². The molecule has 0 aliphatic heterocycles. The molecular weight excluding hydrogens is 210 g/mol. The van der Waals surface area contributed by atoms with Gasteiger partial charge in [0.05, 0.1) is 0 Å². The molecule has 0 atom stereocenters. The molecule has 0 bridgehead atoms. The second-order valence-corrected chi connectivity index (χ2v) is 3.55. The van der Waals surface area contributed by atoms with Gasteiger partial charge in [-0.05, 0) is 30.3 Å². The molecule has 1 aromatic heterocycles. The van der Waals surface area contributed by atoms with Crippen LogP contribution >= 0.6 is 11.6 Å². The third kappa shape index (κ3) is 1.87. The Morgan fingerprint density at radius 1 is 1.07 bits per heavy atom. The second kappa shape index (κ2) is 3.79. The molecule has 4 heteroatoms.